The molecule has 0 spiro atoms. The summed E-state index contributed by atoms with van der Waals surface area (Å²) in [4.78, 5) is 25.7. The fraction of sp³-hybridized carbons (Fsp3) is 0.241. The molecule has 4 aromatic rings. The molecule has 2 fully saturated rings. The molecule has 0 amide bonds. The van der Waals surface area contributed by atoms with E-state index in [4.69, 9.17) is 23.7 Å². The third-order valence-electron chi connectivity index (χ3n) is 6.82. The lowest BCUT2D eigenvalue weighted by atomic mass is 10.1. The van der Waals surface area contributed by atoms with Crippen molar-refractivity contribution in [2.75, 3.05) is 20.3 Å². The Morgan fingerprint density at radius 2 is 1.19 bits per heavy atom. The van der Waals surface area contributed by atoms with Crippen LogP contribution in [0.1, 0.15) is 20.7 Å². The zero-order valence-electron chi connectivity index (χ0n) is 20.0. The molecule has 37 heavy (non-hydrogen) atoms. The molecule has 0 aliphatic carbocycles. The fourth-order valence-corrected chi connectivity index (χ4v) is 4.88. The Kier molecular flexibility index (Phi) is 5.90. The Bertz CT molecular complexity index is 1510. The number of phenols is 1. The van der Waals surface area contributed by atoms with E-state index in [9.17, 15) is 14.7 Å². The van der Waals surface area contributed by atoms with Gasteiger partial charge in [-0.2, -0.15) is 0 Å². The van der Waals surface area contributed by atoms with Gasteiger partial charge in [0.25, 0.3) is 0 Å². The Hall–Kier alpha value is -4.14. The minimum Gasteiger partial charge on any atom is -0.508 e. The van der Waals surface area contributed by atoms with Gasteiger partial charge in [0.05, 0.1) is 31.5 Å². The van der Waals surface area contributed by atoms with Gasteiger partial charge in [-0.05, 0) is 70.1 Å². The van der Waals surface area contributed by atoms with Crippen molar-refractivity contribution in [1.82, 2.24) is 0 Å². The van der Waals surface area contributed by atoms with E-state index in [0.29, 0.717) is 11.1 Å². The van der Waals surface area contributed by atoms with Gasteiger partial charge >= 0.3 is 11.9 Å². The Balaban J connectivity index is 1.10. The first kappa shape index (κ1) is 23.3. The summed E-state index contributed by atoms with van der Waals surface area (Å²) in [5.41, 5.74) is 0.809. The van der Waals surface area contributed by atoms with Gasteiger partial charge in [0, 0.05) is 0 Å². The predicted octanol–water partition coefficient (Wildman–Crippen LogP) is 4.26. The molecule has 1 N–H and O–H groups in total. The van der Waals surface area contributed by atoms with Crippen LogP contribution in [-0.4, -0.2) is 61.8 Å². The van der Waals surface area contributed by atoms with Crippen LogP contribution in [0.5, 0.6) is 11.5 Å². The second-order valence-corrected chi connectivity index (χ2v) is 9.16. The Morgan fingerprint density at radius 3 is 1.76 bits per heavy atom. The van der Waals surface area contributed by atoms with Crippen molar-refractivity contribution in [2.24, 2.45) is 0 Å². The molecule has 2 aliphatic rings. The van der Waals surface area contributed by atoms with Crippen molar-refractivity contribution in [3.8, 4) is 11.5 Å². The zero-order valence-corrected chi connectivity index (χ0v) is 20.0. The van der Waals surface area contributed by atoms with E-state index >= 15 is 0 Å². The van der Waals surface area contributed by atoms with Crippen LogP contribution in [-0.2, 0) is 18.9 Å². The average Bonchev–Trinajstić information content (AvgIpc) is 3.50. The molecule has 8 heteroatoms. The number of phenolic OH excluding ortho intramolecular Hbond substituents is 1. The number of methoxy groups -OCH3 is 1. The molecule has 0 bridgehead atoms. The second kappa shape index (κ2) is 9.38. The molecule has 0 saturated carbocycles. The van der Waals surface area contributed by atoms with E-state index in [2.05, 4.69) is 0 Å². The fourth-order valence-electron chi connectivity index (χ4n) is 4.88. The zero-order chi connectivity index (χ0) is 25.5. The smallest absolute Gasteiger partial charge is 0.338 e. The monoisotopic (exact) mass is 500 g/mol. The largest absolute Gasteiger partial charge is 0.508 e. The molecule has 4 atom stereocenters. The maximum Gasteiger partial charge on any atom is 0.338 e. The van der Waals surface area contributed by atoms with Crippen LogP contribution < -0.4 is 4.74 Å². The third kappa shape index (κ3) is 4.45. The van der Waals surface area contributed by atoms with E-state index in [0.717, 1.165) is 27.3 Å². The Labute approximate surface area is 212 Å². The molecule has 2 unspecified atom stereocenters. The van der Waals surface area contributed by atoms with Crippen LogP contribution in [0.2, 0.25) is 0 Å². The van der Waals surface area contributed by atoms with Crippen molar-refractivity contribution >= 4 is 33.5 Å². The van der Waals surface area contributed by atoms with Gasteiger partial charge in [-0.3, -0.25) is 0 Å². The molecule has 2 heterocycles. The number of hydrogen-bond donors (Lipinski definition) is 1. The highest BCUT2D eigenvalue weighted by molar-refractivity contribution is 5.96. The maximum atomic E-state index is 12.9. The minimum atomic E-state index is -0.618. The van der Waals surface area contributed by atoms with E-state index in [1.807, 2.05) is 24.3 Å². The van der Waals surface area contributed by atoms with Gasteiger partial charge in [-0.15, -0.1) is 0 Å². The van der Waals surface area contributed by atoms with Crippen molar-refractivity contribution in [3.63, 3.8) is 0 Å². The molecule has 2 aliphatic heterocycles. The summed E-state index contributed by atoms with van der Waals surface area (Å²) in [5.74, 6) is -0.0716. The van der Waals surface area contributed by atoms with Gasteiger partial charge < -0.3 is 28.8 Å². The van der Waals surface area contributed by atoms with Crippen LogP contribution in [0.3, 0.4) is 0 Å². The summed E-state index contributed by atoms with van der Waals surface area (Å²) in [6, 6.07) is 21.0. The van der Waals surface area contributed by atoms with Crippen LogP contribution >= 0.6 is 0 Å². The molecule has 4 aromatic carbocycles. The van der Waals surface area contributed by atoms with Crippen LogP contribution in [0.4, 0.5) is 0 Å². The van der Waals surface area contributed by atoms with Crippen molar-refractivity contribution in [1.29, 1.82) is 0 Å². The van der Waals surface area contributed by atoms with Gasteiger partial charge in [0.15, 0.2) is 12.2 Å². The number of carbonyl (C=O) groups is 2. The number of carbonyl (C=O) groups excluding carboxylic acids is 2. The van der Waals surface area contributed by atoms with Gasteiger partial charge in [0.2, 0.25) is 0 Å². The summed E-state index contributed by atoms with van der Waals surface area (Å²) < 4.78 is 28.3. The first-order valence-corrected chi connectivity index (χ1v) is 11.9. The van der Waals surface area contributed by atoms with Gasteiger partial charge in [-0.1, -0.05) is 24.3 Å². The molecule has 0 aromatic heterocycles. The summed E-state index contributed by atoms with van der Waals surface area (Å²) in [6.45, 7) is 0.299. The topological polar surface area (TPSA) is 101 Å². The lowest BCUT2D eigenvalue weighted by molar-refractivity contribution is -0.0287. The quantitative estimate of drug-likeness (QED) is 0.406. The summed E-state index contributed by atoms with van der Waals surface area (Å²) in [6.07, 6.45) is -2.28. The first-order chi connectivity index (χ1) is 18.0. The lowest BCUT2D eigenvalue weighted by Gasteiger charge is -2.17. The highest BCUT2D eigenvalue weighted by Crippen LogP contribution is 2.32. The number of aromatic hydroxyl groups is 1. The third-order valence-corrected chi connectivity index (χ3v) is 6.82. The molecule has 2 saturated heterocycles. The van der Waals surface area contributed by atoms with E-state index in [-0.39, 0.29) is 19.0 Å². The number of rotatable bonds is 5. The summed E-state index contributed by atoms with van der Waals surface area (Å²) in [5, 5.41) is 13.1. The molecular formula is C29H24O8. The van der Waals surface area contributed by atoms with Crippen LogP contribution in [0, 0.1) is 0 Å². The highest BCUT2D eigenvalue weighted by Gasteiger charge is 2.51. The highest BCUT2D eigenvalue weighted by atomic mass is 16.7. The van der Waals surface area contributed by atoms with E-state index in [1.54, 1.807) is 55.6 Å². The molecule has 6 rings (SSSR count). The first-order valence-electron chi connectivity index (χ1n) is 11.9. The van der Waals surface area contributed by atoms with E-state index < -0.39 is 36.4 Å². The number of hydrogen-bond acceptors (Lipinski definition) is 8. The average molecular weight is 501 g/mol. The number of esters is 2. The summed E-state index contributed by atoms with van der Waals surface area (Å²) >= 11 is 0. The second-order valence-electron chi connectivity index (χ2n) is 9.16. The van der Waals surface area contributed by atoms with Crippen molar-refractivity contribution in [3.05, 3.63) is 83.9 Å². The number of ether oxygens (including phenoxy) is 5. The standard InChI is InChI=1S/C29H24O8/c1-33-23-9-7-17-11-21(5-3-19(17)13-23)29(32)37-25-15-35-26-24(14-34-27(25)26)36-28(31)20-4-2-18-12-22(30)8-6-16(18)10-20/h2-13,24-27,30H,14-15H2,1H3/t24-,25-,26?,27?/m1/s1. The van der Waals surface area contributed by atoms with Gasteiger partial charge in [-0.25, -0.2) is 9.59 Å². The minimum absolute atomic E-state index is 0.147. The van der Waals surface area contributed by atoms with Crippen molar-refractivity contribution in [2.45, 2.75) is 24.4 Å². The van der Waals surface area contributed by atoms with Gasteiger partial charge in [0.1, 0.15) is 23.7 Å². The number of fused-ring (bicyclic) bond motifs is 3. The SMILES string of the molecule is COc1ccc2cc(C(=O)O[C@@H]3COC4C3OC[C@H]4OC(=O)c3ccc4cc(O)ccc4c3)ccc2c1. The number of benzene rings is 4. The molecule has 0 radical (unpaired) electrons. The lowest BCUT2D eigenvalue weighted by Crippen LogP contribution is -2.36. The molecular weight excluding hydrogens is 476 g/mol. The molecule has 8 nitrogen and oxygen atoms in total. The Morgan fingerprint density at radius 1 is 0.703 bits per heavy atom. The van der Waals surface area contributed by atoms with Crippen molar-refractivity contribution < 1.29 is 38.4 Å². The normalized spacial score (nSPS) is 22.6. The van der Waals surface area contributed by atoms with Crippen LogP contribution in [0.25, 0.3) is 21.5 Å². The van der Waals surface area contributed by atoms with Crippen LogP contribution in [0.15, 0.2) is 72.8 Å². The predicted molar refractivity (Wildman–Crippen MR) is 134 cm³/mol. The molecule has 188 valence electrons. The summed E-state index contributed by atoms with van der Waals surface area (Å²) in [7, 11) is 1.61. The van der Waals surface area contributed by atoms with E-state index in [1.165, 1.54) is 0 Å². The maximum absolute atomic E-state index is 12.9.